The quantitative estimate of drug-likeness (QED) is 0.331. The van der Waals surface area contributed by atoms with Gasteiger partial charge in [-0.3, -0.25) is 19.3 Å². The Kier molecular flexibility index (Phi) is 6.59. The van der Waals surface area contributed by atoms with Crippen LogP contribution in [-0.2, 0) is 30.3 Å². The van der Waals surface area contributed by atoms with E-state index in [1.807, 2.05) is 49.4 Å². The van der Waals surface area contributed by atoms with Gasteiger partial charge in [-0.15, -0.1) is 0 Å². The summed E-state index contributed by atoms with van der Waals surface area (Å²) in [6.45, 7) is 1.88. The zero-order chi connectivity index (χ0) is 25.2. The average molecular weight is 489 g/mol. The summed E-state index contributed by atoms with van der Waals surface area (Å²) in [5.41, 5.74) is 1.32. The molecule has 2 aromatic carbocycles. The minimum absolute atomic E-state index is 0.0368. The van der Waals surface area contributed by atoms with Crippen molar-refractivity contribution in [1.29, 1.82) is 0 Å². The van der Waals surface area contributed by atoms with Crippen LogP contribution in [0, 0.1) is 23.7 Å². The summed E-state index contributed by atoms with van der Waals surface area (Å²) in [4.78, 5) is 53.5. The molecule has 2 aromatic rings. The van der Waals surface area contributed by atoms with Crippen LogP contribution in [-0.4, -0.2) is 47.8 Å². The lowest BCUT2D eigenvalue weighted by atomic mass is 9.85. The molecular formula is C28H28N2O6. The van der Waals surface area contributed by atoms with Gasteiger partial charge in [0.15, 0.2) is 6.61 Å². The van der Waals surface area contributed by atoms with Crippen molar-refractivity contribution < 1.29 is 28.7 Å². The van der Waals surface area contributed by atoms with Gasteiger partial charge in [-0.2, -0.15) is 0 Å². The molecule has 36 heavy (non-hydrogen) atoms. The first kappa shape index (κ1) is 23.8. The van der Waals surface area contributed by atoms with Crippen molar-refractivity contribution in [2.75, 3.05) is 18.5 Å². The molecule has 0 radical (unpaired) electrons. The average Bonchev–Trinajstić information content (AvgIpc) is 3.57. The Morgan fingerprint density at radius 2 is 1.61 bits per heavy atom. The first-order chi connectivity index (χ1) is 17.5. The Balaban J connectivity index is 1.28. The van der Waals surface area contributed by atoms with Crippen molar-refractivity contribution in [3.8, 4) is 5.75 Å². The van der Waals surface area contributed by atoms with E-state index in [0.29, 0.717) is 18.0 Å². The van der Waals surface area contributed by atoms with E-state index in [-0.39, 0.29) is 30.1 Å². The Morgan fingerprint density at radius 1 is 0.972 bits per heavy atom. The number of nitrogens with zero attached hydrogens (tertiary/aromatic N) is 1. The number of hydrogen-bond acceptors (Lipinski definition) is 6. The van der Waals surface area contributed by atoms with Crippen molar-refractivity contribution in [2.24, 2.45) is 23.7 Å². The van der Waals surface area contributed by atoms with Gasteiger partial charge in [-0.05, 0) is 55.0 Å². The molecule has 1 heterocycles. The topological polar surface area (TPSA) is 102 Å². The SMILES string of the molecule is CCOc1ccc(NC(=O)COC(=O)[C@H](Cc2ccccc2)N2C(=O)[C@H]3[C@H](C2=O)[C@H]2C=C[C@H]3C2)cc1. The summed E-state index contributed by atoms with van der Waals surface area (Å²) in [7, 11) is 0. The van der Waals surface area contributed by atoms with Crippen molar-refractivity contribution >= 4 is 29.4 Å². The lowest BCUT2D eigenvalue weighted by Gasteiger charge is -2.26. The maximum absolute atomic E-state index is 13.4. The monoisotopic (exact) mass is 488 g/mol. The van der Waals surface area contributed by atoms with Crippen LogP contribution in [0.25, 0.3) is 0 Å². The first-order valence-electron chi connectivity index (χ1n) is 12.2. The fraction of sp³-hybridized carbons (Fsp3) is 0.357. The van der Waals surface area contributed by atoms with E-state index in [4.69, 9.17) is 9.47 Å². The minimum atomic E-state index is -1.13. The number of hydrogen-bond donors (Lipinski definition) is 1. The Hall–Kier alpha value is -3.94. The standard InChI is InChI=1S/C28H28N2O6/c1-2-35-21-12-10-20(11-13-21)29-23(31)16-36-28(34)22(14-17-6-4-3-5-7-17)30-26(32)24-18-8-9-19(15-18)25(24)27(30)33/h3-13,18-19,22,24-25H,2,14-16H2,1H3,(H,29,31)/t18-,19-,22-,24+,25+/m0/s1. The van der Waals surface area contributed by atoms with E-state index in [9.17, 15) is 19.2 Å². The number of nitrogens with one attached hydrogen (secondary N) is 1. The van der Waals surface area contributed by atoms with Crippen LogP contribution in [0.15, 0.2) is 66.7 Å². The lowest BCUT2D eigenvalue weighted by Crippen LogP contribution is -2.48. The number of benzene rings is 2. The molecule has 0 unspecified atom stereocenters. The highest BCUT2D eigenvalue weighted by molar-refractivity contribution is 6.09. The second-order valence-electron chi connectivity index (χ2n) is 9.37. The minimum Gasteiger partial charge on any atom is -0.494 e. The summed E-state index contributed by atoms with van der Waals surface area (Å²) in [5.74, 6) is -2.02. The normalized spacial score (nSPS) is 24.5. The van der Waals surface area contributed by atoms with Gasteiger partial charge in [0.1, 0.15) is 11.8 Å². The molecule has 8 nitrogen and oxygen atoms in total. The van der Waals surface area contributed by atoms with E-state index in [2.05, 4.69) is 5.32 Å². The number of carbonyl (C=O) groups is 4. The third kappa shape index (κ3) is 4.51. The van der Waals surface area contributed by atoms with Gasteiger partial charge in [0, 0.05) is 12.1 Å². The molecule has 2 bridgehead atoms. The van der Waals surface area contributed by atoms with Gasteiger partial charge in [-0.25, -0.2) is 4.79 Å². The molecule has 0 aromatic heterocycles. The number of rotatable bonds is 9. The van der Waals surface area contributed by atoms with Crippen molar-refractivity contribution in [2.45, 2.75) is 25.8 Å². The number of allylic oxidation sites excluding steroid dienone is 2. The summed E-state index contributed by atoms with van der Waals surface area (Å²) < 4.78 is 10.7. The zero-order valence-corrected chi connectivity index (χ0v) is 20.0. The molecule has 5 atom stereocenters. The van der Waals surface area contributed by atoms with E-state index in [0.717, 1.165) is 16.9 Å². The Bertz CT molecular complexity index is 1160. The molecule has 3 amide bonds. The first-order valence-corrected chi connectivity index (χ1v) is 12.2. The van der Waals surface area contributed by atoms with Crippen molar-refractivity contribution in [3.63, 3.8) is 0 Å². The zero-order valence-electron chi connectivity index (χ0n) is 20.0. The molecule has 0 spiro atoms. The smallest absolute Gasteiger partial charge is 0.330 e. The molecule has 1 aliphatic heterocycles. The third-order valence-electron chi connectivity index (χ3n) is 7.15. The molecule has 1 saturated carbocycles. The van der Waals surface area contributed by atoms with Crippen LogP contribution in [0.2, 0.25) is 0 Å². The fourth-order valence-corrected chi connectivity index (χ4v) is 5.58. The van der Waals surface area contributed by atoms with E-state index in [1.54, 1.807) is 24.3 Å². The van der Waals surface area contributed by atoms with Crippen LogP contribution in [0.3, 0.4) is 0 Å². The number of amides is 3. The number of likely N-dealkylation sites (tertiary alicyclic amines) is 1. The molecule has 186 valence electrons. The van der Waals surface area contributed by atoms with E-state index in [1.165, 1.54) is 0 Å². The van der Waals surface area contributed by atoms with Gasteiger partial charge in [0.2, 0.25) is 11.8 Å². The highest BCUT2D eigenvalue weighted by atomic mass is 16.5. The number of imide groups is 1. The highest BCUT2D eigenvalue weighted by Crippen LogP contribution is 2.53. The predicted molar refractivity (Wildman–Crippen MR) is 131 cm³/mol. The van der Waals surface area contributed by atoms with Crippen LogP contribution in [0.5, 0.6) is 5.75 Å². The van der Waals surface area contributed by atoms with Crippen molar-refractivity contribution in [3.05, 3.63) is 72.3 Å². The molecule has 8 heteroatoms. The lowest BCUT2D eigenvalue weighted by molar-refractivity contribution is -0.160. The van der Waals surface area contributed by atoms with Crippen molar-refractivity contribution in [1.82, 2.24) is 4.90 Å². The van der Waals surface area contributed by atoms with Gasteiger partial charge < -0.3 is 14.8 Å². The van der Waals surface area contributed by atoms with Gasteiger partial charge in [0.05, 0.1) is 18.4 Å². The summed E-state index contributed by atoms with van der Waals surface area (Å²) in [5, 5.41) is 2.67. The molecular weight excluding hydrogens is 460 g/mol. The summed E-state index contributed by atoms with van der Waals surface area (Å²) in [6.07, 6.45) is 4.95. The molecule has 3 aliphatic rings. The fourth-order valence-electron chi connectivity index (χ4n) is 5.58. The molecule has 2 fully saturated rings. The highest BCUT2D eigenvalue weighted by Gasteiger charge is 2.61. The predicted octanol–water partition coefficient (Wildman–Crippen LogP) is 2.99. The van der Waals surface area contributed by atoms with Crippen LogP contribution >= 0.6 is 0 Å². The number of ether oxygens (including phenoxy) is 2. The maximum atomic E-state index is 13.4. The maximum Gasteiger partial charge on any atom is 0.330 e. The number of esters is 1. The van der Waals surface area contributed by atoms with Crippen LogP contribution < -0.4 is 10.1 Å². The molecule has 1 saturated heterocycles. The van der Waals surface area contributed by atoms with Crippen LogP contribution in [0.4, 0.5) is 5.69 Å². The summed E-state index contributed by atoms with van der Waals surface area (Å²) in [6, 6.07) is 14.9. The molecule has 5 rings (SSSR count). The number of fused-ring (bicyclic) bond motifs is 5. The third-order valence-corrected chi connectivity index (χ3v) is 7.15. The number of anilines is 1. The molecule has 2 aliphatic carbocycles. The van der Waals surface area contributed by atoms with Gasteiger partial charge in [-0.1, -0.05) is 42.5 Å². The van der Waals surface area contributed by atoms with Gasteiger partial charge >= 0.3 is 5.97 Å². The number of carbonyl (C=O) groups excluding carboxylic acids is 4. The van der Waals surface area contributed by atoms with Crippen LogP contribution in [0.1, 0.15) is 18.9 Å². The van der Waals surface area contributed by atoms with E-state index >= 15 is 0 Å². The van der Waals surface area contributed by atoms with Gasteiger partial charge in [0.25, 0.3) is 5.91 Å². The summed E-state index contributed by atoms with van der Waals surface area (Å²) >= 11 is 0. The Labute approximate surface area is 209 Å². The largest absolute Gasteiger partial charge is 0.494 e. The second kappa shape index (κ2) is 9.97. The Morgan fingerprint density at radius 3 is 2.22 bits per heavy atom. The van der Waals surface area contributed by atoms with E-state index < -0.39 is 36.4 Å². The molecule has 1 N–H and O–H groups in total. The second-order valence-corrected chi connectivity index (χ2v) is 9.37.